The first kappa shape index (κ1) is 17.8. The molecule has 1 aliphatic rings. The number of hydrogen-bond donors (Lipinski definition) is 0. The van der Waals surface area contributed by atoms with Crippen LogP contribution in [0.4, 0.5) is 0 Å². The fourth-order valence-corrected chi connectivity index (χ4v) is 3.33. The molecule has 25 heavy (non-hydrogen) atoms. The maximum Gasteiger partial charge on any atom is 0.255 e. The van der Waals surface area contributed by atoms with Gasteiger partial charge in [0.15, 0.2) is 0 Å². The molecule has 1 aliphatic heterocycles. The summed E-state index contributed by atoms with van der Waals surface area (Å²) in [6.45, 7) is 2.09. The van der Waals surface area contributed by atoms with Gasteiger partial charge < -0.3 is 14.5 Å². The number of fused-ring (bicyclic) bond motifs is 1. The summed E-state index contributed by atoms with van der Waals surface area (Å²) in [5.41, 5.74) is 1.52. The van der Waals surface area contributed by atoms with Gasteiger partial charge in [-0.2, -0.15) is 5.10 Å². The number of carbonyl (C=O) groups excluding carboxylic acids is 1. The Kier molecular flexibility index (Phi) is 5.30. The van der Waals surface area contributed by atoms with Gasteiger partial charge >= 0.3 is 0 Å². The highest BCUT2D eigenvalue weighted by molar-refractivity contribution is 6.33. The van der Waals surface area contributed by atoms with Gasteiger partial charge in [0.05, 0.1) is 36.0 Å². The van der Waals surface area contributed by atoms with Crippen molar-refractivity contribution in [1.29, 1.82) is 0 Å². The Morgan fingerprint density at radius 2 is 2.20 bits per heavy atom. The zero-order valence-electron chi connectivity index (χ0n) is 14.8. The van der Waals surface area contributed by atoms with Crippen molar-refractivity contribution < 1.29 is 9.53 Å². The molecule has 1 aromatic carbocycles. The first-order valence-corrected chi connectivity index (χ1v) is 8.67. The number of amides is 1. The molecule has 3 rings (SSSR count). The number of rotatable bonds is 5. The van der Waals surface area contributed by atoms with Crippen molar-refractivity contribution in [2.45, 2.75) is 19.0 Å². The van der Waals surface area contributed by atoms with Crippen LogP contribution in [0.5, 0.6) is 5.75 Å². The molecular weight excluding hydrogens is 340 g/mol. The van der Waals surface area contributed by atoms with Crippen LogP contribution in [-0.4, -0.2) is 59.8 Å². The Bertz CT molecular complexity index is 759. The molecule has 0 saturated carbocycles. The van der Waals surface area contributed by atoms with E-state index >= 15 is 0 Å². The van der Waals surface area contributed by atoms with Crippen LogP contribution in [0.25, 0.3) is 0 Å². The quantitative estimate of drug-likeness (QED) is 0.820. The second-order valence-electron chi connectivity index (χ2n) is 6.54. The van der Waals surface area contributed by atoms with Gasteiger partial charge in [-0.25, -0.2) is 0 Å². The molecule has 2 aromatic rings. The van der Waals surface area contributed by atoms with E-state index in [4.69, 9.17) is 16.3 Å². The Balaban J connectivity index is 1.84. The largest absolute Gasteiger partial charge is 0.497 e. The van der Waals surface area contributed by atoms with E-state index in [1.165, 1.54) is 0 Å². The van der Waals surface area contributed by atoms with E-state index in [0.717, 1.165) is 18.7 Å². The van der Waals surface area contributed by atoms with Gasteiger partial charge in [0.1, 0.15) is 5.75 Å². The first-order chi connectivity index (χ1) is 12.0. The van der Waals surface area contributed by atoms with Crippen molar-refractivity contribution in [2.24, 2.45) is 0 Å². The number of halogens is 1. The monoisotopic (exact) mass is 362 g/mol. The fourth-order valence-electron chi connectivity index (χ4n) is 3.13. The zero-order valence-corrected chi connectivity index (χ0v) is 15.5. The molecule has 134 valence electrons. The predicted octanol–water partition coefficient (Wildman–Crippen LogP) is 2.69. The second-order valence-corrected chi connectivity index (χ2v) is 6.95. The third kappa shape index (κ3) is 3.80. The van der Waals surface area contributed by atoms with E-state index in [2.05, 4.69) is 10.00 Å². The number of methoxy groups -OCH3 is 1. The van der Waals surface area contributed by atoms with E-state index in [0.29, 0.717) is 29.4 Å². The minimum Gasteiger partial charge on any atom is -0.497 e. The molecule has 2 heterocycles. The van der Waals surface area contributed by atoms with Crippen molar-refractivity contribution in [1.82, 2.24) is 19.6 Å². The second kappa shape index (κ2) is 7.45. The van der Waals surface area contributed by atoms with Crippen LogP contribution in [0.15, 0.2) is 30.5 Å². The average molecular weight is 363 g/mol. The zero-order chi connectivity index (χ0) is 18.0. The number of benzene rings is 1. The van der Waals surface area contributed by atoms with Crippen LogP contribution >= 0.6 is 11.6 Å². The van der Waals surface area contributed by atoms with Gasteiger partial charge in [0.25, 0.3) is 5.91 Å². The number of hydrogen-bond acceptors (Lipinski definition) is 4. The number of nitrogens with zero attached hydrogens (tertiary/aromatic N) is 4. The molecule has 0 fully saturated rings. The third-order valence-electron chi connectivity index (χ3n) is 4.48. The Hall–Kier alpha value is -2.05. The van der Waals surface area contributed by atoms with Gasteiger partial charge in [-0.15, -0.1) is 0 Å². The van der Waals surface area contributed by atoms with Crippen LogP contribution in [0, 0.1) is 0 Å². The third-order valence-corrected chi connectivity index (χ3v) is 4.81. The lowest BCUT2D eigenvalue weighted by Crippen LogP contribution is -2.42. The SMILES string of the molecule is COc1ccc(Cl)c(C(=O)N2Cc3ccnn3[C@@H](CCN(C)C)C2)c1. The van der Waals surface area contributed by atoms with Gasteiger partial charge in [-0.05, 0) is 51.3 Å². The predicted molar refractivity (Wildman–Crippen MR) is 97.2 cm³/mol. The molecule has 1 amide bonds. The Morgan fingerprint density at radius 1 is 1.40 bits per heavy atom. The molecule has 7 heteroatoms. The smallest absolute Gasteiger partial charge is 0.255 e. The highest BCUT2D eigenvalue weighted by Gasteiger charge is 2.30. The van der Waals surface area contributed by atoms with E-state index < -0.39 is 0 Å². The van der Waals surface area contributed by atoms with Crippen molar-refractivity contribution in [3.63, 3.8) is 0 Å². The van der Waals surface area contributed by atoms with Crippen LogP contribution in [-0.2, 0) is 6.54 Å². The number of carbonyl (C=O) groups is 1. The van der Waals surface area contributed by atoms with Gasteiger partial charge in [-0.3, -0.25) is 9.48 Å². The maximum atomic E-state index is 13.0. The molecule has 1 atom stereocenters. The summed E-state index contributed by atoms with van der Waals surface area (Å²) in [7, 11) is 5.67. The molecular formula is C18H23ClN4O2. The summed E-state index contributed by atoms with van der Waals surface area (Å²) in [6.07, 6.45) is 2.72. The molecule has 6 nitrogen and oxygen atoms in total. The minimum atomic E-state index is -0.0776. The normalized spacial score (nSPS) is 16.8. The van der Waals surface area contributed by atoms with Gasteiger partial charge in [0.2, 0.25) is 0 Å². The number of aromatic nitrogens is 2. The lowest BCUT2D eigenvalue weighted by atomic mass is 10.1. The average Bonchev–Trinajstić information content (AvgIpc) is 3.08. The fraction of sp³-hybridized carbons (Fsp3) is 0.444. The van der Waals surface area contributed by atoms with Crippen LogP contribution in [0.3, 0.4) is 0 Å². The first-order valence-electron chi connectivity index (χ1n) is 8.29. The van der Waals surface area contributed by atoms with E-state index in [9.17, 15) is 4.79 Å². The van der Waals surface area contributed by atoms with Gasteiger partial charge in [-0.1, -0.05) is 11.6 Å². The minimum absolute atomic E-state index is 0.0776. The molecule has 0 bridgehead atoms. The summed E-state index contributed by atoms with van der Waals surface area (Å²) >= 11 is 6.26. The molecule has 0 aliphatic carbocycles. The van der Waals surface area contributed by atoms with Crippen molar-refractivity contribution in [2.75, 3.05) is 34.3 Å². The molecule has 0 unspecified atom stereocenters. The molecule has 1 aromatic heterocycles. The van der Waals surface area contributed by atoms with Crippen LogP contribution in [0.1, 0.15) is 28.5 Å². The summed E-state index contributed by atoms with van der Waals surface area (Å²) in [5, 5.41) is 4.88. The van der Waals surface area contributed by atoms with Crippen LogP contribution in [0.2, 0.25) is 5.02 Å². The molecule has 0 radical (unpaired) electrons. The Morgan fingerprint density at radius 3 is 2.92 bits per heavy atom. The van der Waals surface area contributed by atoms with Crippen molar-refractivity contribution >= 4 is 17.5 Å². The van der Waals surface area contributed by atoms with Crippen molar-refractivity contribution in [3.05, 3.63) is 46.7 Å². The Labute approximate surface area is 152 Å². The van der Waals surface area contributed by atoms with Gasteiger partial charge in [0, 0.05) is 12.7 Å². The summed E-state index contributed by atoms with van der Waals surface area (Å²) in [6, 6.07) is 7.28. The van der Waals surface area contributed by atoms with E-state index in [1.807, 2.05) is 29.7 Å². The highest BCUT2D eigenvalue weighted by Crippen LogP contribution is 2.28. The summed E-state index contributed by atoms with van der Waals surface area (Å²) < 4.78 is 7.27. The topological polar surface area (TPSA) is 50.6 Å². The summed E-state index contributed by atoms with van der Waals surface area (Å²) in [4.78, 5) is 17.0. The van der Waals surface area contributed by atoms with E-state index in [-0.39, 0.29) is 11.9 Å². The lowest BCUT2D eigenvalue weighted by molar-refractivity contribution is 0.0659. The maximum absolute atomic E-state index is 13.0. The van der Waals surface area contributed by atoms with Crippen molar-refractivity contribution in [3.8, 4) is 5.75 Å². The molecule has 0 N–H and O–H groups in total. The molecule has 0 spiro atoms. The number of ether oxygens (including phenoxy) is 1. The summed E-state index contributed by atoms with van der Waals surface area (Å²) in [5.74, 6) is 0.546. The standard InChI is InChI=1S/C18H23ClN4O2/c1-21(2)9-7-14-12-22(11-13-6-8-20-23(13)14)18(24)16-10-15(25-3)4-5-17(16)19/h4-6,8,10,14H,7,9,11-12H2,1-3H3/t14-/m0/s1. The van der Waals surface area contributed by atoms with E-state index in [1.54, 1.807) is 31.5 Å². The highest BCUT2D eigenvalue weighted by atomic mass is 35.5. The van der Waals surface area contributed by atoms with Crippen LogP contribution < -0.4 is 4.74 Å². The lowest BCUT2D eigenvalue weighted by Gasteiger charge is -2.34. The molecule has 0 saturated heterocycles.